The predicted molar refractivity (Wildman–Crippen MR) is 70.9 cm³/mol. The van der Waals surface area contributed by atoms with Gasteiger partial charge in [0, 0.05) is 39.3 Å². The van der Waals surface area contributed by atoms with Crippen LogP contribution in [0, 0.1) is 5.92 Å². The van der Waals surface area contributed by atoms with Crippen LogP contribution < -0.4 is 5.32 Å². The van der Waals surface area contributed by atoms with Crippen LogP contribution in [0.1, 0.15) is 26.7 Å². The maximum Gasteiger partial charge on any atom is 0.0110 e. The molecule has 0 aromatic rings. The number of piperazine rings is 1. The lowest BCUT2D eigenvalue weighted by atomic mass is 10.1. The molecule has 1 fully saturated rings. The zero-order chi connectivity index (χ0) is 11.8. The van der Waals surface area contributed by atoms with Gasteiger partial charge in [0.25, 0.3) is 0 Å². The molecule has 0 aromatic carbocycles. The smallest absolute Gasteiger partial charge is 0.0110 e. The molecule has 0 atom stereocenters. The molecule has 1 N–H and O–H groups in total. The van der Waals surface area contributed by atoms with Gasteiger partial charge in [0.1, 0.15) is 0 Å². The molecule has 1 aliphatic heterocycles. The molecule has 0 bridgehead atoms. The number of nitrogens with zero attached hydrogens (tertiary/aromatic N) is 2. The number of rotatable bonds is 7. The molecule has 3 heteroatoms. The highest BCUT2D eigenvalue weighted by Gasteiger charge is 2.12. The Kier molecular flexibility index (Phi) is 7.01. The minimum absolute atomic E-state index is 0.847. The van der Waals surface area contributed by atoms with Crippen molar-refractivity contribution in [1.82, 2.24) is 15.1 Å². The van der Waals surface area contributed by atoms with Crippen LogP contribution in [0.4, 0.5) is 0 Å². The van der Waals surface area contributed by atoms with Gasteiger partial charge in [-0.2, -0.15) is 0 Å². The highest BCUT2D eigenvalue weighted by atomic mass is 15.2. The van der Waals surface area contributed by atoms with Crippen molar-refractivity contribution < 1.29 is 0 Å². The van der Waals surface area contributed by atoms with Crippen molar-refractivity contribution in [3.05, 3.63) is 0 Å². The largest absolute Gasteiger partial charge is 0.315 e. The summed E-state index contributed by atoms with van der Waals surface area (Å²) in [6.07, 6.45) is 2.67. The van der Waals surface area contributed by atoms with E-state index in [9.17, 15) is 0 Å². The number of nitrogens with one attached hydrogen (secondary N) is 1. The molecule has 1 aliphatic rings. The molecule has 0 spiro atoms. The van der Waals surface area contributed by atoms with Gasteiger partial charge in [-0.3, -0.25) is 4.90 Å². The maximum atomic E-state index is 3.54. The van der Waals surface area contributed by atoms with Crippen molar-refractivity contribution in [2.45, 2.75) is 26.7 Å². The molecule has 0 aromatic heterocycles. The number of hydrogen-bond donors (Lipinski definition) is 1. The molecule has 0 amide bonds. The van der Waals surface area contributed by atoms with Gasteiger partial charge in [0.05, 0.1) is 0 Å². The van der Waals surface area contributed by atoms with Gasteiger partial charge < -0.3 is 10.2 Å². The van der Waals surface area contributed by atoms with Crippen molar-refractivity contribution in [2.75, 3.05) is 52.9 Å². The molecule has 16 heavy (non-hydrogen) atoms. The molecular weight excluding hydrogens is 198 g/mol. The minimum Gasteiger partial charge on any atom is -0.315 e. The van der Waals surface area contributed by atoms with E-state index in [1.54, 1.807) is 0 Å². The second kappa shape index (κ2) is 8.04. The fourth-order valence-corrected chi connectivity index (χ4v) is 2.07. The van der Waals surface area contributed by atoms with Crippen molar-refractivity contribution in [3.63, 3.8) is 0 Å². The Bertz CT molecular complexity index is 163. The summed E-state index contributed by atoms with van der Waals surface area (Å²) in [5.74, 6) is 0.847. The van der Waals surface area contributed by atoms with Crippen molar-refractivity contribution in [1.29, 1.82) is 0 Å². The number of hydrogen-bond acceptors (Lipinski definition) is 3. The van der Waals surface area contributed by atoms with Gasteiger partial charge in [-0.1, -0.05) is 13.8 Å². The van der Waals surface area contributed by atoms with E-state index in [0.717, 1.165) is 12.5 Å². The summed E-state index contributed by atoms with van der Waals surface area (Å²) in [4.78, 5) is 4.97. The van der Waals surface area contributed by atoms with Gasteiger partial charge in [-0.25, -0.2) is 0 Å². The Labute approximate surface area is 101 Å². The first-order chi connectivity index (χ1) is 7.68. The lowest BCUT2D eigenvalue weighted by molar-refractivity contribution is 0.155. The average molecular weight is 227 g/mol. The highest BCUT2D eigenvalue weighted by Crippen LogP contribution is 2.01. The fraction of sp³-hybridized carbons (Fsp3) is 1.00. The standard InChI is InChI=1S/C13H29N3/c1-13(2)5-4-6-14-7-8-16-11-9-15(3)10-12-16/h13-14H,4-12H2,1-3H3. The minimum atomic E-state index is 0.847. The Morgan fingerprint density at radius 1 is 1.06 bits per heavy atom. The molecule has 1 heterocycles. The van der Waals surface area contributed by atoms with E-state index in [0.29, 0.717) is 0 Å². The zero-order valence-electron chi connectivity index (χ0n) is 11.3. The lowest BCUT2D eigenvalue weighted by Gasteiger charge is -2.32. The first-order valence-corrected chi connectivity index (χ1v) is 6.80. The highest BCUT2D eigenvalue weighted by molar-refractivity contribution is 4.69. The Morgan fingerprint density at radius 3 is 2.38 bits per heavy atom. The summed E-state index contributed by atoms with van der Waals surface area (Å²) in [6.45, 7) is 13.1. The van der Waals surface area contributed by atoms with Gasteiger partial charge in [-0.15, -0.1) is 0 Å². The van der Waals surface area contributed by atoms with E-state index >= 15 is 0 Å². The van der Waals surface area contributed by atoms with E-state index in [1.165, 1.54) is 52.1 Å². The van der Waals surface area contributed by atoms with Crippen LogP contribution in [0.5, 0.6) is 0 Å². The van der Waals surface area contributed by atoms with Crippen LogP contribution in [0.2, 0.25) is 0 Å². The summed E-state index contributed by atoms with van der Waals surface area (Å²) in [5.41, 5.74) is 0. The van der Waals surface area contributed by atoms with Crippen molar-refractivity contribution in [3.8, 4) is 0 Å². The Morgan fingerprint density at radius 2 is 1.75 bits per heavy atom. The Hall–Kier alpha value is -0.120. The van der Waals surface area contributed by atoms with Crippen LogP contribution in [0.15, 0.2) is 0 Å². The predicted octanol–water partition coefficient (Wildman–Crippen LogP) is 1.26. The molecule has 96 valence electrons. The fourth-order valence-electron chi connectivity index (χ4n) is 2.07. The second-order valence-electron chi connectivity index (χ2n) is 5.43. The first kappa shape index (κ1) is 13.9. The van der Waals surface area contributed by atoms with Crippen LogP contribution in [-0.4, -0.2) is 62.7 Å². The van der Waals surface area contributed by atoms with Crippen molar-refractivity contribution in [2.24, 2.45) is 5.92 Å². The molecule has 0 radical (unpaired) electrons. The summed E-state index contributed by atoms with van der Waals surface area (Å²) >= 11 is 0. The monoisotopic (exact) mass is 227 g/mol. The third kappa shape index (κ3) is 6.46. The topological polar surface area (TPSA) is 18.5 Å². The lowest BCUT2D eigenvalue weighted by Crippen LogP contribution is -2.46. The van der Waals surface area contributed by atoms with Crippen LogP contribution in [-0.2, 0) is 0 Å². The van der Waals surface area contributed by atoms with Gasteiger partial charge >= 0.3 is 0 Å². The third-order valence-electron chi connectivity index (χ3n) is 3.34. The van der Waals surface area contributed by atoms with Gasteiger partial charge in [0.2, 0.25) is 0 Å². The summed E-state index contributed by atoms with van der Waals surface area (Å²) in [7, 11) is 2.21. The van der Waals surface area contributed by atoms with Crippen LogP contribution in [0.25, 0.3) is 0 Å². The average Bonchev–Trinajstić information content (AvgIpc) is 2.25. The van der Waals surface area contributed by atoms with Gasteiger partial charge in [-0.05, 0) is 32.4 Å². The quantitative estimate of drug-likeness (QED) is 0.661. The maximum absolute atomic E-state index is 3.54. The van der Waals surface area contributed by atoms with E-state index < -0.39 is 0 Å². The summed E-state index contributed by atoms with van der Waals surface area (Å²) < 4.78 is 0. The van der Waals surface area contributed by atoms with Crippen LogP contribution >= 0.6 is 0 Å². The third-order valence-corrected chi connectivity index (χ3v) is 3.34. The van der Waals surface area contributed by atoms with E-state index in [-0.39, 0.29) is 0 Å². The van der Waals surface area contributed by atoms with Crippen molar-refractivity contribution >= 4 is 0 Å². The SMILES string of the molecule is CC(C)CCCNCCN1CCN(C)CC1. The number of likely N-dealkylation sites (N-methyl/N-ethyl adjacent to an activating group) is 1. The normalized spacial score (nSPS) is 19.5. The zero-order valence-corrected chi connectivity index (χ0v) is 11.3. The summed E-state index contributed by atoms with van der Waals surface area (Å²) in [5, 5.41) is 3.54. The first-order valence-electron chi connectivity index (χ1n) is 6.80. The van der Waals surface area contributed by atoms with E-state index in [2.05, 4.69) is 36.0 Å². The molecule has 1 rings (SSSR count). The molecule has 0 aliphatic carbocycles. The molecule has 0 unspecified atom stereocenters. The van der Waals surface area contributed by atoms with E-state index in [4.69, 9.17) is 0 Å². The van der Waals surface area contributed by atoms with E-state index in [1.807, 2.05) is 0 Å². The Balaban J connectivity index is 1.87. The van der Waals surface area contributed by atoms with Gasteiger partial charge in [0.15, 0.2) is 0 Å². The summed E-state index contributed by atoms with van der Waals surface area (Å²) in [6, 6.07) is 0. The molecule has 0 saturated carbocycles. The second-order valence-corrected chi connectivity index (χ2v) is 5.43. The molecular formula is C13H29N3. The molecule has 1 saturated heterocycles. The van der Waals surface area contributed by atoms with Crippen LogP contribution in [0.3, 0.4) is 0 Å². The molecule has 3 nitrogen and oxygen atoms in total.